The first-order valence-corrected chi connectivity index (χ1v) is 13.2. The quantitative estimate of drug-likeness (QED) is 0.236. The number of amides is 4. The number of carbonyl (C=O) groups excluding carboxylic acids is 3. The highest BCUT2D eigenvalue weighted by molar-refractivity contribution is 5.98. The van der Waals surface area contributed by atoms with Gasteiger partial charge in [0.05, 0.1) is 24.1 Å². The number of aliphatic hydroxyl groups excluding tert-OH is 1. The topological polar surface area (TPSA) is 165 Å². The Morgan fingerprint density at radius 3 is 1.95 bits per heavy atom. The van der Waals surface area contributed by atoms with E-state index in [1.807, 2.05) is 30.3 Å². The lowest BCUT2D eigenvalue weighted by molar-refractivity contribution is -0.129. The van der Waals surface area contributed by atoms with E-state index in [1.54, 1.807) is 65.0 Å². The Bertz CT molecular complexity index is 1140. The minimum absolute atomic E-state index is 0.115. The molecule has 0 heterocycles. The molecular formula is C29H41N5O6. The number of aliphatic hydroxyl groups is 1. The first kappa shape index (κ1) is 32.3. The second kappa shape index (κ2) is 14.4. The summed E-state index contributed by atoms with van der Waals surface area (Å²) in [4.78, 5) is 50.1. The fourth-order valence-corrected chi connectivity index (χ4v) is 4.30. The fourth-order valence-electron chi connectivity index (χ4n) is 4.30. The molecule has 2 aromatic carbocycles. The van der Waals surface area contributed by atoms with Crippen LogP contribution in [-0.4, -0.2) is 80.4 Å². The summed E-state index contributed by atoms with van der Waals surface area (Å²) in [6.07, 6.45) is -2.65. The number of hydrogen-bond donors (Lipinski definition) is 5. The predicted molar refractivity (Wildman–Crippen MR) is 151 cm³/mol. The van der Waals surface area contributed by atoms with Crippen LogP contribution in [0.15, 0.2) is 60.7 Å². The Kier molecular flexibility index (Phi) is 11.6. The van der Waals surface area contributed by atoms with Crippen LogP contribution in [0.25, 0.3) is 0 Å². The molecule has 218 valence electrons. The first-order valence-electron chi connectivity index (χ1n) is 13.2. The van der Waals surface area contributed by atoms with Gasteiger partial charge in [0.2, 0.25) is 11.8 Å². The minimum Gasteiger partial charge on any atom is -0.464 e. The van der Waals surface area contributed by atoms with E-state index in [-0.39, 0.29) is 19.0 Å². The van der Waals surface area contributed by atoms with Gasteiger partial charge in [-0.1, -0.05) is 48.5 Å². The number of primary amides is 1. The summed E-state index contributed by atoms with van der Waals surface area (Å²) in [5.41, 5.74) is 5.68. The Labute approximate surface area is 235 Å². The third-order valence-corrected chi connectivity index (χ3v) is 6.20. The lowest BCUT2D eigenvalue weighted by atomic mass is 9.99. The van der Waals surface area contributed by atoms with Gasteiger partial charge in [-0.15, -0.1) is 0 Å². The molecule has 11 nitrogen and oxygen atoms in total. The minimum atomic E-state index is -1.29. The Morgan fingerprint density at radius 1 is 0.925 bits per heavy atom. The van der Waals surface area contributed by atoms with Gasteiger partial charge in [0.1, 0.15) is 6.04 Å². The van der Waals surface area contributed by atoms with E-state index < -0.39 is 54.0 Å². The highest BCUT2D eigenvalue weighted by Gasteiger charge is 2.37. The highest BCUT2D eigenvalue weighted by Crippen LogP contribution is 2.21. The van der Waals surface area contributed by atoms with E-state index in [0.29, 0.717) is 5.56 Å². The van der Waals surface area contributed by atoms with Gasteiger partial charge in [-0.25, -0.2) is 14.8 Å². The Morgan fingerprint density at radius 2 is 1.48 bits per heavy atom. The number of carboxylic acid groups (broad SMARTS) is 1. The molecule has 0 aliphatic carbocycles. The van der Waals surface area contributed by atoms with E-state index in [9.17, 15) is 29.4 Å². The number of nitrogens with zero attached hydrogens (tertiary/aromatic N) is 2. The molecule has 0 saturated heterocycles. The molecule has 0 aliphatic rings. The van der Waals surface area contributed by atoms with E-state index in [2.05, 4.69) is 10.6 Å². The smallest absolute Gasteiger partial charge is 0.422 e. The van der Waals surface area contributed by atoms with Crippen LogP contribution in [0.1, 0.15) is 57.0 Å². The molecule has 0 bridgehead atoms. The Hall–Kier alpha value is -3.96. The summed E-state index contributed by atoms with van der Waals surface area (Å²) in [6.45, 7) is 8.74. The predicted octanol–water partition coefficient (Wildman–Crippen LogP) is 2.15. The van der Waals surface area contributed by atoms with Crippen molar-refractivity contribution in [3.63, 3.8) is 0 Å². The van der Waals surface area contributed by atoms with Gasteiger partial charge >= 0.3 is 6.09 Å². The van der Waals surface area contributed by atoms with Crippen molar-refractivity contribution < 1.29 is 29.4 Å². The third kappa shape index (κ3) is 9.65. The van der Waals surface area contributed by atoms with Crippen molar-refractivity contribution in [2.45, 2.75) is 77.2 Å². The maximum atomic E-state index is 13.4. The third-order valence-electron chi connectivity index (χ3n) is 6.20. The number of rotatable bonds is 13. The van der Waals surface area contributed by atoms with Crippen molar-refractivity contribution in [2.24, 2.45) is 5.73 Å². The number of hydrazine groups is 1. The molecule has 2 aromatic rings. The van der Waals surface area contributed by atoms with Crippen molar-refractivity contribution in [3.8, 4) is 0 Å². The molecule has 0 saturated carbocycles. The number of benzene rings is 2. The van der Waals surface area contributed by atoms with Crippen molar-refractivity contribution >= 4 is 23.8 Å². The number of carbonyl (C=O) groups is 4. The van der Waals surface area contributed by atoms with Gasteiger partial charge in [-0.2, -0.15) is 0 Å². The lowest BCUT2D eigenvalue weighted by Crippen LogP contribution is -2.62. The maximum Gasteiger partial charge on any atom is 0.422 e. The average molecular weight is 556 g/mol. The van der Waals surface area contributed by atoms with Crippen LogP contribution in [0.5, 0.6) is 0 Å². The van der Waals surface area contributed by atoms with Crippen LogP contribution in [0.3, 0.4) is 0 Å². The SMILES string of the molecule is CC(C)N(C[C@H](O)[C@H](Cc1ccccc1)NC(=O)[C@H](CC(N)=O)NC(=O)c1ccccc1)N(C(=O)O)C(C)(C)C. The molecular weight excluding hydrogens is 514 g/mol. The number of hydrogen-bond acceptors (Lipinski definition) is 6. The van der Waals surface area contributed by atoms with Crippen LogP contribution in [-0.2, 0) is 16.0 Å². The normalized spacial score (nSPS) is 13.8. The standard InChI is InChI=1S/C29H41N5O6/c1-19(2)33(34(28(39)40)29(3,4)5)18-24(35)22(16-20-12-8-6-9-13-20)31-27(38)23(17-25(30)36)32-26(37)21-14-10-7-11-15-21/h6-15,19,22-24,35H,16-18H2,1-5H3,(H2,30,36)(H,31,38)(H,32,37)(H,39,40)/t22-,23-,24-/m0/s1. The second-order valence-electron chi connectivity index (χ2n) is 10.9. The summed E-state index contributed by atoms with van der Waals surface area (Å²) in [6, 6.07) is 14.9. The summed E-state index contributed by atoms with van der Waals surface area (Å²) in [7, 11) is 0. The second-order valence-corrected chi connectivity index (χ2v) is 10.9. The maximum absolute atomic E-state index is 13.4. The van der Waals surface area contributed by atoms with Gasteiger partial charge in [0.15, 0.2) is 0 Å². The van der Waals surface area contributed by atoms with Crippen molar-refractivity contribution in [2.75, 3.05) is 6.54 Å². The van der Waals surface area contributed by atoms with Crippen LogP contribution >= 0.6 is 0 Å². The molecule has 0 fully saturated rings. The van der Waals surface area contributed by atoms with Gasteiger partial charge in [-0.05, 0) is 58.7 Å². The van der Waals surface area contributed by atoms with E-state index in [1.165, 1.54) is 5.01 Å². The number of nitrogens with one attached hydrogen (secondary N) is 2. The molecule has 40 heavy (non-hydrogen) atoms. The first-order chi connectivity index (χ1) is 18.7. The fraction of sp³-hybridized carbons (Fsp3) is 0.448. The lowest BCUT2D eigenvalue weighted by Gasteiger charge is -2.45. The number of nitrogens with two attached hydrogens (primary N) is 1. The highest BCUT2D eigenvalue weighted by atomic mass is 16.4. The van der Waals surface area contributed by atoms with Gasteiger partial charge in [-0.3, -0.25) is 14.4 Å². The van der Waals surface area contributed by atoms with Gasteiger partial charge in [0, 0.05) is 18.2 Å². The zero-order valence-corrected chi connectivity index (χ0v) is 23.7. The monoisotopic (exact) mass is 555 g/mol. The summed E-state index contributed by atoms with van der Waals surface area (Å²) in [5, 5.41) is 29.4. The zero-order chi connectivity index (χ0) is 30.0. The van der Waals surface area contributed by atoms with Crippen molar-refractivity contribution in [3.05, 3.63) is 71.8 Å². The van der Waals surface area contributed by atoms with Crippen LogP contribution in [0.4, 0.5) is 4.79 Å². The molecule has 0 spiro atoms. The molecule has 0 radical (unpaired) electrons. The van der Waals surface area contributed by atoms with Gasteiger partial charge in [0.25, 0.3) is 5.91 Å². The summed E-state index contributed by atoms with van der Waals surface area (Å²) in [5.74, 6) is -2.05. The largest absolute Gasteiger partial charge is 0.464 e. The molecule has 0 aromatic heterocycles. The molecule has 0 unspecified atom stereocenters. The van der Waals surface area contributed by atoms with Gasteiger partial charge < -0.3 is 26.6 Å². The molecule has 2 rings (SSSR count). The molecule has 6 N–H and O–H groups in total. The van der Waals surface area contributed by atoms with E-state index in [0.717, 1.165) is 10.6 Å². The molecule has 0 aliphatic heterocycles. The van der Waals surface area contributed by atoms with Crippen molar-refractivity contribution in [1.29, 1.82) is 0 Å². The summed E-state index contributed by atoms with van der Waals surface area (Å²) >= 11 is 0. The Balaban J connectivity index is 2.35. The molecule has 11 heteroatoms. The zero-order valence-electron chi connectivity index (χ0n) is 23.7. The molecule has 4 amide bonds. The van der Waals surface area contributed by atoms with Crippen molar-refractivity contribution in [1.82, 2.24) is 20.7 Å². The molecule has 3 atom stereocenters. The van der Waals surface area contributed by atoms with Crippen LogP contribution < -0.4 is 16.4 Å². The van der Waals surface area contributed by atoms with E-state index >= 15 is 0 Å². The summed E-state index contributed by atoms with van der Waals surface area (Å²) < 4.78 is 0. The average Bonchev–Trinajstić information content (AvgIpc) is 2.87. The van der Waals surface area contributed by atoms with Crippen LogP contribution in [0, 0.1) is 0 Å². The van der Waals surface area contributed by atoms with E-state index in [4.69, 9.17) is 5.73 Å². The van der Waals surface area contributed by atoms with Crippen LogP contribution in [0.2, 0.25) is 0 Å².